The van der Waals surface area contributed by atoms with Crippen molar-refractivity contribution in [1.29, 1.82) is 0 Å². The largest absolute Gasteiger partial charge is 0.274 e. The van der Waals surface area contributed by atoms with E-state index in [1.807, 2.05) is 25.3 Å². The molecule has 3 heterocycles. The predicted octanol–water partition coefficient (Wildman–Crippen LogP) is 3.73. The van der Waals surface area contributed by atoms with Crippen molar-refractivity contribution in [2.45, 2.75) is 26.7 Å². The van der Waals surface area contributed by atoms with Crippen molar-refractivity contribution in [2.24, 2.45) is 0 Å². The molecule has 0 aliphatic rings. The highest BCUT2D eigenvalue weighted by molar-refractivity contribution is 7.13. The second kappa shape index (κ2) is 6.60. The van der Waals surface area contributed by atoms with E-state index in [1.54, 1.807) is 12.4 Å². The fraction of sp³-hybridized carbons (Fsp3) is 0.250. The first-order valence-corrected chi connectivity index (χ1v) is 8.57. The van der Waals surface area contributed by atoms with Gasteiger partial charge >= 0.3 is 0 Å². The summed E-state index contributed by atoms with van der Waals surface area (Å²) >= 11 is 7.61. The SMILES string of the molecule is CCc1n[nH]c(=O)c(-c2nc(-c3ccncc3Cl)cs2)c1CC. The number of thiazole rings is 1. The fourth-order valence-corrected chi connectivity index (χ4v) is 3.62. The number of aromatic nitrogens is 4. The van der Waals surface area contributed by atoms with Crippen molar-refractivity contribution in [3.8, 4) is 21.8 Å². The van der Waals surface area contributed by atoms with Gasteiger partial charge in [-0.05, 0) is 24.5 Å². The van der Waals surface area contributed by atoms with E-state index in [1.165, 1.54) is 11.3 Å². The zero-order valence-electron chi connectivity index (χ0n) is 12.8. The minimum atomic E-state index is -0.208. The molecule has 0 fully saturated rings. The molecule has 3 aromatic rings. The molecule has 0 aliphatic heterocycles. The van der Waals surface area contributed by atoms with Crippen LogP contribution in [0.3, 0.4) is 0 Å². The van der Waals surface area contributed by atoms with Gasteiger partial charge < -0.3 is 0 Å². The van der Waals surface area contributed by atoms with Crippen LogP contribution < -0.4 is 5.56 Å². The van der Waals surface area contributed by atoms with Crippen LogP contribution in [0.4, 0.5) is 0 Å². The number of aryl methyl sites for hydroxylation is 1. The second-order valence-corrected chi connectivity index (χ2v) is 6.22. The molecular formula is C16H15ClN4OS. The van der Waals surface area contributed by atoms with Crippen LogP contribution in [0.2, 0.25) is 5.02 Å². The number of nitrogens with zero attached hydrogens (tertiary/aromatic N) is 3. The van der Waals surface area contributed by atoms with Crippen molar-refractivity contribution in [3.63, 3.8) is 0 Å². The molecule has 0 unspecified atom stereocenters. The lowest BCUT2D eigenvalue weighted by Gasteiger charge is -2.08. The normalized spacial score (nSPS) is 10.9. The first-order valence-electron chi connectivity index (χ1n) is 7.31. The Bertz CT molecular complexity index is 903. The van der Waals surface area contributed by atoms with Gasteiger partial charge in [0.15, 0.2) is 0 Å². The van der Waals surface area contributed by atoms with Gasteiger partial charge in [0.2, 0.25) is 0 Å². The van der Waals surface area contributed by atoms with Crippen molar-refractivity contribution in [1.82, 2.24) is 20.2 Å². The molecule has 0 spiro atoms. The molecule has 0 saturated carbocycles. The van der Waals surface area contributed by atoms with Gasteiger partial charge in [0.05, 0.1) is 22.0 Å². The molecule has 7 heteroatoms. The van der Waals surface area contributed by atoms with Gasteiger partial charge in [-0.3, -0.25) is 9.78 Å². The van der Waals surface area contributed by atoms with Crippen molar-refractivity contribution in [3.05, 3.63) is 50.5 Å². The lowest BCUT2D eigenvalue weighted by molar-refractivity contribution is 0.861. The van der Waals surface area contributed by atoms with E-state index in [-0.39, 0.29) is 5.56 Å². The molecule has 5 nitrogen and oxygen atoms in total. The Hall–Kier alpha value is -2.05. The van der Waals surface area contributed by atoms with Crippen LogP contribution >= 0.6 is 22.9 Å². The van der Waals surface area contributed by atoms with Crippen molar-refractivity contribution < 1.29 is 0 Å². The number of hydrogen-bond donors (Lipinski definition) is 1. The molecule has 0 aliphatic carbocycles. The van der Waals surface area contributed by atoms with Gasteiger partial charge in [0.25, 0.3) is 5.56 Å². The van der Waals surface area contributed by atoms with Gasteiger partial charge in [0.1, 0.15) is 5.01 Å². The quantitative estimate of drug-likeness (QED) is 0.781. The van der Waals surface area contributed by atoms with Gasteiger partial charge in [-0.15, -0.1) is 11.3 Å². The van der Waals surface area contributed by atoms with Crippen LogP contribution in [-0.2, 0) is 12.8 Å². The van der Waals surface area contributed by atoms with Crippen LogP contribution in [0.1, 0.15) is 25.1 Å². The summed E-state index contributed by atoms with van der Waals surface area (Å²) < 4.78 is 0. The van der Waals surface area contributed by atoms with Crippen LogP contribution in [0.15, 0.2) is 28.6 Å². The van der Waals surface area contributed by atoms with E-state index in [9.17, 15) is 4.79 Å². The highest BCUT2D eigenvalue weighted by Crippen LogP contribution is 2.32. The van der Waals surface area contributed by atoms with Crippen LogP contribution in [0.25, 0.3) is 21.8 Å². The smallest absolute Gasteiger partial charge is 0.267 e. The van der Waals surface area contributed by atoms with E-state index in [4.69, 9.17) is 11.6 Å². The molecule has 0 bridgehead atoms. The summed E-state index contributed by atoms with van der Waals surface area (Å²) in [7, 11) is 0. The summed E-state index contributed by atoms with van der Waals surface area (Å²) in [5.41, 5.74) is 3.82. The number of aromatic amines is 1. The third-order valence-corrected chi connectivity index (χ3v) is 4.79. The summed E-state index contributed by atoms with van der Waals surface area (Å²) in [5, 5.41) is 9.85. The molecule has 0 saturated heterocycles. The Morgan fingerprint density at radius 3 is 2.83 bits per heavy atom. The number of H-pyrrole nitrogens is 1. The zero-order valence-corrected chi connectivity index (χ0v) is 14.3. The number of rotatable bonds is 4. The Morgan fingerprint density at radius 2 is 2.13 bits per heavy atom. The summed E-state index contributed by atoms with van der Waals surface area (Å²) in [6.45, 7) is 4.04. The minimum Gasteiger partial charge on any atom is -0.267 e. The van der Waals surface area contributed by atoms with E-state index < -0.39 is 0 Å². The molecule has 0 amide bonds. The Morgan fingerprint density at radius 1 is 1.30 bits per heavy atom. The molecule has 118 valence electrons. The second-order valence-electron chi connectivity index (χ2n) is 4.95. The molecule has 1 N–H and O–H groups in total. The van der Waals surface area contributed by atoms with Gasteiger partial charge in [-0.1, -0.05) is 25.4 Å². The van der Waals surface area contributed by atoms with Crippen LogP contribution in [0, 0.1) is 0 Å². The van der Waals surface area contributed by atoms with Crippen LogP contribution in [-0.4, -0.2) is 20.2 Å². The maximum Gasteiger partial charge on any atom is 0.274 e. The third kappa shape index (κ3) is 2.92. The van der Waals surface area contributed by atoms with E-state index >= 15 is 0 Å². The molecule has 3 aromatic heterocycles. The maximum absolute atomic E-state index is 12.3. The Kier molecular flexibility index (Phi) is 4.54. The van der Waals surface area contributed by atoms with E-state index in [2.05, 4.69) is 20.2 Å². The van der Waals surface area contributed by atoms with Gasteiger partial charge in [-0.2, -0.15) is 5.10 Å². The van der Waals surface area contributed by atoms with Crippen molar-refractivity contribution in [2.75, 3.05) is 0 Å². The van der Waals surface area contributed by atoms with Gasteiger partial charge in [0, 0.05) is 23.3 Å². The highest BCUT2D eigenvalue weighted by Gasteiger charge is 2.18. The Balaban J connectivity index is 2.15. The minimum absolute atomic E-state index is 0.208. The average molecular weight is 347 g/mol. The third-order valence-electron chi connectivity index (χ3n) is 3.62. The highest BCUT2D eigenvalue weighted by atomic mass is 35.5. The van der Waals surface area contributed by atoms with Gasteiger partial charge in [-0.25, -0.2) is 10.1 Å². The summed E-state index contributed by atoms with van der Waals surface area (Å²) in [6, 6.07) is 1.82. The fourth-order valence-electron chi connectivity index (χ4n) is 2.52. The average Bonchev–Trinajstić information content (AvgIpc) is 3.04. The summed E-state index contributed by atoms with van der Waals surface area (Å²) in [5.74, 6) is 0. The first kappa shape index (κ1) is 15.8. The lowest BCUT2D eigenvalue weighted by atomic mass is 10.0. The summed E-state index contributed by atoms with van der Waals surface area (Å²) in [4.78, 5) is 20.9. The topological polar surface area (TPSA) is 71.5 Å². The number of nitrogens with one attached hydrogen (secondary N) is 1. The molecule has 3 rings (SSSR count). The lowest BCUT2D eigenvalue weighted by Crippen LogP contribution is -2.16. The molecular weight excluding hydrogens is 332 g/mol. The summed E-state index contributed by atoms with van der Waals surface area (Å²) in [6.07, 6.45) is 4.76. The standard InChI is InChI=1S/C16H15ClN4OS/c1-3-9-12(4-2)20-21-15(22)14(9)16-19-13(8-23-16)10-5-6-18-7-11(10)17/h5-8H,3-4H2,1-2H3,(H,21,22). The Labute approximate surface area is 142 Å². The molecule has 0 radical (unpaired) electrons. The van der Waals surface area contributed by atoms with E-state index in [0.29, 0.717) is 15.6 Å². The maximum atomic E-state index is 12.3. The molecule has 0 atom stereocenters. The van der Waals surface area contributed by atoms with E-state index in [0.717, 1.165) is 35.4 Å². The number of pyridine rings is 1. The predicted molar refractivity (Wildman–Crippen MR) is 93.0 cm³/mol. The first-order chi connectivity index (χ1) is 11.2. The number of hydrogen-bond acceptors (Lipinski definition) is 5. The van der Waals surface area contributed by atoms with Crippen molar-refractivity contribution >= 4 is 22.9 Å². The monoisotopic (exact) mass is 346 g/mol. The van der Waals surface area contributed by atoms with Crippen LogP contribution in [0.5, 0.6) is 0 Å². The number of halogens is 1. The molecule has 23 heavy (non-hydrogen) atoms. The zero-order chi connectivity index (χ0) is 16.4. The molecule has 0 aromatic carbocycles.